The first-order chi connectivity index (χ1) is 16.6. The average Bonchev–Trinajstić information content (AvgIpc) is 3.62. The Kier molecular flexibility index (Phi) is 5.17. The quantitative estimate of drug-likeness (QED) is 0.369. The Morgan fingerprint density at radius 2 is 1.94 bits per heavy atom. The summed E-state index contributed by atoms with van der Waals surface area (Å²) in [4.78, 5) is 29.9. The van der Waals surface area contributed by atoms with Crippen molar-refractivity contribution in [3.05, 3.63) is 65.4 Å². The lowest BCUT2D eigenvalue weighted by Gasteiger charge is -2.31. The third-order valence-electron chi connectivity index (χ3n) is 6.64. The Hall–Kier alpha value is -3.52. The van der Waals surface area contributed by atoms with Gasteiger partial charge < -0.3 is 9.88 Å². The Labute approximate surface area is 201 Å². The van der Waals surface area contributed by atoms with Crippen molar-refractivity contribution < 1.29 is 4.79 Å². The van der Waals surface area contributed by atoms with E-state index in [1.165, 1.54) is 0 Å². The van der Waals surface area contributed by atoms with Gasteiger partial charge in [0, 0.05) is 25.0 Å². The van der Waals surface area contributed by atoms with E-state index in [9.17, 15) is 4.79 Å². The molecule has 5 aromatic rings. The van der Waals surface area contributed by atoms with Crippen LogP contribution in [0, 0.1) is 0 Å². The number of aromatic nitrogens is 5. The van der Waals surface area contributed by atoms with Crippen molar-refractivity contribution >= 4 is 39.3 Å². The number of rotatable bonds is 4. The molecule has 1 saturated heterocycles. The van der Waals surface area contributed by atoms with Crippen LogP contribution in [0.4, 0.5) is 0 Å². The number of piperidine rings is 1. The average molecular weight is 471 g/mol. The third kappa shape index (κ3) is 3.58. The number of benzene rings is 1. The standard InChI is InChI=1S/C26H26N6OS/c1-16(2)32-25-19(15-27-32)18(14-22(30-25)23-8-5-13-34-23)26(33)31-11-9-17(10-12-31)24-28-20-6-3-4-7-21(20)29-24/h3-8,13-17H,9-12H2,1-2H3,(H,28,29). The number of thiophene rings is 1. The summed E-state index contributed by atoms with van der Waals surface area (Å²) in [5, 5.41) is 7.40. The van der Waals surface area contributed by atoms with E-state index in [-0.39, 0.29) is 11.9 Å². The number of amides is 1. The van der Waals surface area contributed by atoms with Crippen molar-refractivity contribution in [2.45, 2.75) is 38.6 Å². The summed E-state index contributed by atoms with van der Waals surface area (Å²) in [5.74, 6) is 1.41. The Balaban J connectivity index is 1.29. The van der Waals surface area contributed by atoms with Crippen LogP contribution >= 0.6 is 11.3 Å². The van der Waals surface area contributed by atoms with Gasteiger partial charge in [0.2, 0.25) is 0 Å². The minimum Gasteiger partial charge on any atom is -0.342 e. The number of H-pyrrole nitrogens is 1. The van der Waals surface area contributed by atoms with E-state index in [0.717, 1.165) is 51.3 Å². The number of fused-ring (bicyclic) bond motifs is 2. The summed E-state index contributed by atoms with van der Waals surface area (Å²) in [7, 11) is 0. The molecule has 8 heteroatoms. The number of imidazole rings is 1. The fourth-order valence-corrected chi connectivity index (χ4v) is 5.50. The maximum Gasteiger partial charge on any atom is 0.254 e. The van der Waals surface area contributed by atoms with E-state index < -0.39 is 0 Å². The molecule has 1 fully saturated rings. The zero-order chi connectivity index (χ0) is 23.2. The van der Waals surface area contributed by atoms with Crippen molar-refractivity contribution in [1.29, 1.82) is 0 Å². The van der Waals surface area contributed by atoms with Gasteiger partial charge in [0.25, 0.3) is 5.91 Å². The highest BCUT2D eigenvalue weighted by molar-refractivity contribution is 7.13. The summed E-state index contributed by atoms with van der Waals surface area (Å²) in [5.41, 5.74) is 4.34. The first kappa shape index (κ1) is 21.0. The Morgan fingerprint density at radius 3 is 2.68 bits per heavy atom. The second-order valence-corrected chi connectivity index (χ2v) is 10.1. The van der Waals surface area contributed by atoms with Gasteiger partial charge in [-0.05, 0) is 56.3 Å². The normalized spacial score (nSPS) is 15.1. The predicted molar refractivity (Wildman–Crippen MR) is 135 cm³/mol. The number of nitrogens with zero attached hydrogens (tertiary/aromatic N) is 5. The van der Waals surface area contributed by atoms with Gasteiger partial charge in [-0.15, -0.1) is 11.3 Å². The molecule has 0 saturated carbocycles. The van der Waals surface area contributed by atoms with Crippen LogP contribution in [0.25, 0.3) is 32.6 Å². The number of pyridine rings is 1. The van der Waals surface area contributed by atoms with Gasteiger partial charge in [-0.25, -0.2) is 14.6 Å². The molecular formula is C26H26N6OS. The highest BCUT2D eigenvalue weighted by atomic mass is 32.1. The maximum atomic E-state index is 13.7. The van der Waals surface area contributed by atoms with Crippen molar-refractivity contribution in [1.82, 2.24) is 29.6 Å². The van der Waals surface area contributed by atoms with Crippen LogP contribution in [0.15, 0.2) is 54.0 Å². The maximum absolute atomic E-state index is 13.7. The van der Waals surface area contributed by atoms with Crippen LogP contribution in [0.1, 0.15) is 54.8 Å². The largest absolute Gasteiger partial charge is 0.342 e. The Bertz CT molecular complexity index is 1440. The van der Waals surface area contributed by atoms with Crippen LogP contribution < -0.4 is 0 Å². The monoisotopic (exact) mass is 470 g/mol. The number of hydrogen-bond acceptors (Lipinski definition) is 5. The summed E-state index contributed by atoms with van der Waals surface area (Å²) < 4.78 is 1.90. The van der Waals surface area contributed by atoms with Gasteiger partial charge >= 0.3 is 0 Å². The van der Waals surface area contributed by atoms with Crippen LogP contribution in [-0.4, -0.2) is 48.6 Å². The first-order valence-corrected chi connectivity index (χ1v) is 12.6. The van der Waals surface area contributed by atoms with E-state index in [2.05, 4.69) is 30.0 Å². The first-order valence-electron chi connectivity index (χ1n) is 11.7. The number of likely N-dealkylation sites (tertiary alicyclic amines) is 1. The summed E-state index contributed by atoms with van der Waals surface area (Å²) in [6, 6.07) is 14.3. The highest BCUT2D eigenvalue weighted by Gasteiger charge is 2.28. The summed E-state index contributed by atoms with van der Waals surface area (Å²) in [6.45, 7) is 5.57. The van der Waals surface area contributed by atoms with E-state index in [1.54, 1.807) is 17.5 Å². The van der Waals surface area contributed by atoms with Gasteiger partial charge in [-0.2, -0.15) is 5.10 Å². The molecule has 4 aromatic heterocycles. The second kappa shape index (κ2) is 8.36. The number of para-hydroxylation sites is 2. The van der Waals surface area contributed by atoms with Crippen LogP contribution in [0.2, 0.25) is 0 Å². The van der Waals surface area contributed by atoms with E-state index in [4.69, 9.17) is 9.97 Å². The number of hydrogen-bond donors (Lipinski definition) is 1. The van der Waals surface area contributed by atoms with Crippen molar-refractivity contribution in [3.63, 3.8) is 0 Å². The number of carbonyl (C=O) groups is 1. The molecule has 34 heavy (non-hydrogen) atoms. The zero-order valence-electron chi connectivity index (χ0n) is 19.2. The highest BCUT2D eigenvalue weighted by Crippen LogP contribution is 2.32. The van der Waals surface area contributed by atoms with E-state index in [0.29, 0.717) is 24.6 Å². The van der Waals surface area contributed by atoms with Gasteiger partial charge in [0.1, 0.15) is 5.82 Å². The molecule has 0 radical (unpaired) electrons. The number of nitrogens with one attached hydrogen (secondary N) is 1. The molecule has 1 aromatic carbocycles. The molecule has 0 bridgehead atoms. The lowest BCUT2D eigenvalue weighted by Crippen LogP contribution is -2.38. The molecule has 1 aliphatic rings. The molecule has 6 rings (SSSR count). The van der Waals surface area contributed by atoms with Crippen molar-refractivity contribution in [3.8, 4) is 10.6 Å². The van der Waals surface area contributed by atoms with E-state index >= 15 is 0 Å². The zero-order valence-corrected chi connectivity index (χ0v) is 20.0. The molecule has 0 spiro atoms. The van der Waals surface area contributed by atoms with Gasteiger partial charge in [0.15, 0.2) is 5.65 Å². The molecule has 1 amide bonds. The molecule has 0 aliphatic carbocycles. The smallest absolute Gasteiger partial charge is 0.254 e. The second-order valence-electron chi connectivity index (χ2n) is 9.16. The predicted octanol–water partition coefficient (Wildman–Crippen LogP) is 5.64. The van der Waals surface area contributed by atoms with Crippen LogP contribution in [-0.2, 0) is 0 Å². The topological polar surface area (TPSA) is 79.7 Å². The summed E-state index contributed by atoms with van der Waals surface area (Å²) in [6.07, 6.45) is 3.57. The van der Waals surface area contributed by atoms with Crippen LogP contribution in [0.3, 0.4) is 0 Å². The van der Waals surface area contributed by atoms with Crippen molar-refractivity contribution in [2.24, 2.45) is 0 Å². The molecule has 0 atom stereocenters. The van der Waals surface area contributed by atoms with Crippen LogP contribution in [0.5, 0.6) is 0 Å². The van der Waals surface area contributed by atoms with Gasteiger partial charge in [0.05, 0.1) is 38.8 Å². The van der Waals surface area contributed by atoms with Crippen molar-refractivity contribution in [2.75, 3.05) is 13.1 Å². The molecule has 7 nitrogen and oxygen atoms in total. The fraction of sp³-hybridized carbons (Fsp3) is 0.308. The number of aromatic amines is 1. The SMILES string of the molecule is CC(C)n1ncc2c(C(=O)N3CCC(c4nc5ccccc5[nH]4)CC3)cc(-c3cccs3)nc21. The molecule has 172 valence electrons. The summed E-state index contributed by atoms with van der Waals surface area (Å²) >= 11 is 1.63. The minimum absolute atomic E-state index is 0.0524. The molecular weight excluding hydrogens is 444 g/mol. The minimum atomic E-state index is 0.0524. The molecule has 1 N–H and O–H groups in total. The third-order valence-corrected chi connectivity index (χ3v) is 7.53. The number of carbonyl (C=O) groups excluding carboxylic acids is 1. The van der Waals surface area contributed by atoms with Gasteiger partial charge in [-0.3, -0.25) is 4.79 Å². The molecule has 5 heterocycles. The lowest BCUT2D eigenvalue weighted by atomic mass is 9.95. The molecule has 1 aliphatic heterocycles. The van der Waals surface area contributed by atoms with E-state index in [1.807, 2.05) is 51.4 Å². The lowest BCUT2D eigenvalue weighted by molar-refractivity contribution is 0.0713. The fourth-order valence-electron chi connectivity index (χ4n) is 4.82. The Morgan fingerprint density at radius 1 is 1.12 bits per heavy atom. The van der Waals surface area contributed by atoms with Gasteiger partial charge in [-0.1, -0.05) is 18.2 Å². The molecule has 0 unspecified atom stereocenters.